The molecule has 0 spiro atoms. The molecule has 1 aliphatic rings. The summed E-state index contributed by atoms with van der Waals surface area (Å²) in [5, 5.41) is 11.5. The van der Waals surface area contributed by atoms with E-state index in [2.05, 4.69) is 5.32 Å². The molecule has 0 bridgehead atoms. The highest BCUT2D eigenvalue weighted by atomic mass is 16.5. The normalized spacial score (nSPS) is 16.1. The van der Waals surface area contributed by atoms with Crippen molar-refractivity contribution >= 4 is 17.8 Å². The Balaban J connectivity index is 1.70. The van der Waals surface area contributed by atoms with E-state index >= 15 is 0 Å². The number of ether oxygens (including phenoxy) is 1. The number of carboxylic acids is 1. The fraction of sp³-hybridized carbons (Fsp3) is 0.500. The maximum Gasteiger partial charge on any atom is 0.308 e. The van der Waals surface area contributed by atoms with Gasteiger partial charge < -0.3 is 20.1 Å². The maximum atomic E-state index is 12.2. The summed E-state index contributed by atoms with van der Waals surface area (Å²) in [5.74, 6) is -1.31. The summed E-state index contributed by atoms with van der Waals surface area (Å²) in [6, 6.07) is 9.15. The first kappa shape index (κ1) is 18.8. The van der Waals surface area contributed by atoms with E-state index in [1.165, 1.54) is 0 Å². The Morgan fingerprint density at radius 2 is 1.88 bits per heavy atom. The monoisotopic (exact) mass is 348 g/mol. The van der Waals surface area contributed by atoms with Crippen molar-refractivity contribution in [3.05, 3.63) is 30.3 Å². The number of carbonyl (C=O) groups is 3. The summed E-state index contributed by atoms with van der Waals surface area (Å²) < 4.78 is 5.46. The first-order valence-electron chi connectivity index (χ1n) is 8.43. The van der Waals surface area contributed by atoms with Crippen LogP contribution >= 0.6 is 0 Å². The molecule has 1 aromatic rings. The fourth-order valence-electron chi connectivity index (χ4n) is 2.63. The average molecular weight is 348 g/mol. The third kappa shape index (κ3) is 5.77. The second-order valence-electron chi connectivity index (χ2n) is 6.24. The van der Waals surface area contributed by atoms with Crippen LogP contribution in [-0.4, -0.2) is 54.0 Å². The van der Waals surface area contributed by atoms with Gasteiger partial charge in [0.2, 0.25) is 5.91 Å². The van der Waals surface area contributed by atoms with E-state index in [0.29, 0.717) is 31.7 Å². The number of nitrogens with zero attached hydrogens (tertiary/aromatic N) is 1. The van der Waals surface area contributed by atoms with Crippen LogP contribution in [0.1, 0.15) is 19.8 Å². The number of nitrogens with one attached hydrogen (secondary N) is 1. The number of rotatable bonds is 7. The summed E-state index contributed by atoms with van der Waals surface area (Å²) in [6.45, 7) is 2.67. The molecule has 1 heterocycles. The van der Waals surface area contributed by atoms with Crippen LogP contribution in [0.2, 0.25) is 0 Å². The van der Waals surface area contributed by atoms with Gasteiger partial charge >= 0.3 is 5.97 Å². The first-order valence-corrected chi connectivity index (χ1v) is 8.43. The second kappa shape index (κ2) is 9.05. The van der Waals surface area contributed by atoms with Crippen molar-refractivity contribution in [1.29, 1.82) is 0 Å². The van der Waals surface area contributed by atoms with Crippen molar-refractivity contribution in [2.75, 3.05) is 26.2 Å². The minimum absolute atomic E-state index is 0.0169. The molecule has 0 aliphatic carbocycles. The van der Waals surface area contributed by atoms with E-state index < -0.39 is 11.9 Å². The average Bonchev–Trinajstić information content (AvgIpc) is 2.64. The van der Waals surface area contributed by atoms with E-state index in [4.69, 9.17) is 9.84 Å². The number of hydrogen-bond acceptors (Lipinski definition) is 4. The van der Waals surface area contributed by atoms with Gasteiger partial charge in [-0.2, -0.15) is 0 Å². The number of carboxylic acid groups (broad SMARTS) is 1. The van der Waals surface area contributed by atoms with Gasteiger partial charge in [0.15, 0.2) is 6.61 Å². The maximum absolute atomic E-state index is 12.2. The fourth-order valence-corrected chi connectivity index (χ4v) is 2.63. The molecule has 136 valence electrons. The smallest absolute Gasteiger partial charge is 0.308 e. The van der Waals surface area contributed by atoms with E-state index in [0.717, 1.165) is 0 Å². The van der Waals surface area contributed by atoms with Crippen LogP contribution in [-0.2, 0) is 14.4 Å². The van der Waals surface area contributed by atoms with Gasteiger partial charge in [-0.1, -0.05) is 25.1 Å². The Labute approximate surface area is 147 Å². The molecule has 7 heteroatoms. The summed E-state index contributed by atoms with van der Waals surface area (Å²) in [7, 11) is 0. The second-order valence-corrected chi connectivity index (χ2v) is 6.24. The van der Waals surface area contributed by atoms with Crippen molar-refractivity contribution < 1.29 is 24.2 Å². The van der Waals surface area contributed by atoms with Crippen molar-refractivity contribution in [1.82, 2.24) is 10.2 Å². The summed E-state index contributed by atoms with van der Waals surface area (Å²) in [4.78, 5) is 36.7. The van der Waals surface area contributed by atoms with E-state index in [1.54, 1.807) is 24.0 Å². The third-order valence-corrected chi connectivity index (χ3v) is 4.33. The molecule has 2 amide bonds. The van der Waals surface area contributed by atoms with Crippen molar-refractivity contribution in [2.24, 2.45) is 11.8 Å². The van der Waals surface area contributed by atoms with Crippen LogP contribution in [0, 0.1) is 11.8 Å². The van der Waals surface area contributed by atoms with Crippen molar-refractivity contribution in [2.45, 2.75) is 19.8 Å². The number of piperidine rings is 1. The molecule has 25 heavy (non-hydrogen) atoms. The minimum atomic E-state index is -0.931. The van der Waals surface area contributed by atoms with Gasteiger partial charge in [-0.3, -0.25) is 14.4 Å². The summed E-state index contributed by atoms with van der Waals surface area (Å²) in [5.41, 5.74) is 0. The molecule has 1 fully saturated rings. The van der Waals surface area contributed by atoms with Gasteiger partial charge in [0.05, 0.1) is 5.92 Å². The topological polar surface area (TPSA) is 95.9 Å². The van der Waals surface area contributed by atoms with Crippen molar-refractivity contribution in [3.8, 4) is 5.75 Å². The Morgan fingerprint density at radius 1 is 1.24 bits per heavy atom. The molecule has 1 aliphatic heterocycles. The number of para-hydroxylation sites is 1. The van der Waals surface area contributed by atoms with Gasteiger partial charge in [0.1, 0.15) is 5.75 Å². The predicted molar refractivity (Wildman–Crippen MR) is 91.1 cm³/mol. The van der Waals surface area contributed by atoms with Crippen LogP contribution in [0.4, 0.5) is 0 Å². The van der Waals surface area contributed by atoms with Crippen LogP contribution in [0.25, 0.3) is 0 Å². The number of hydrogen-bond donors (Lipinski definition) is 2. The van der Waals surface area contributed by atoms with Crippen LogP contribution in [0.15, 0.2) is 30.3 Å². The summed E-state index contributed by atoms with van der Waals surface area (Å²) in [6.07, 6.45) is 1.15. The molecule has 1 saturated heterocycles. The third-order valence-electron chi connectivity index (χ3n) is 4.33. The largest absolute Gasteiger partial charge is 0.484 e. The highest BCUT2D eigenvalue weighted by Gasteiger charge is 2.27. The molecule has 1 unspecified atom stereocenters. The van der Waals surface area contributed by atoms with Crippen LogP contribution in [0.5, 0.6) is 5.75 Å². The number of amides is 2. The lowest BCUT2D eigenvalue weighted by Gasteiger charge is -2.31. The predicted octanol–water partition coefficient (Wildman–Crippen LogP) is 1.14. The molecule has 7 nitrogen and oxygen atoms in total. The van der Waals surface area contributed by atoms with E-state index in [9.17, 15) is 14.4 Å². The summed E-state index contributed by atoms with van der Waals surface area (Å²) >= 11 is 0. The van der Waals surface area contributed by atoms with E-state index in [-0.39, 0.29) is 30.9 Å². The van der Waals surface area contributed by atoms with E-state index in [1.807, 2.05) is 18.2 Å². The minimum Gasteiger partial charge on any atom is -0.484 e. The first-order chi connectivity index (χ1) is 12.0. The molecule has 0 radical (unpaired) electrons. The molecular formula is C18H24N2O5. The zero-order valence-corrected chi connectivity index (χ0v) is 14.3. The number of likely N-dealkylation sites (tertiary alicyclic amines) is 1. The van der Waals surface area contributed by atoms with Gasteiger partial charge in [-0.25, -0.2) is 0 Å². The Morgan fingerprint density at radius 3 is 2.48 bits per heavy atom. The van der Waals surface area contributed by atoms with Crippen LogP contribution in [0.3, 0.4) is 0 Å². The van der Waals surface area contributed by atoms with Crippen LogP contribution < -0.4 is 10.1 Å². The lowest BCUT2D eigenvalue weighted by atomic mass is 9.95. The number of benzene rings is 1. The Hall–Kier alpha value is -2.57. The SMILES string of the molecule is CC(CNC(=O)C1CCN(C(=O)COc2ccccc2)CC1)C(=O)O. The molecule has 1 aromatic carbocycles. The number of aliphatic carboxylic acids is 1. The quantitative estimate of drug-likeness (QED) is 0.770. The highest BCUT2D eigenvalue weighted by molar-refractivity contribution is 5.81. The standard InChI is InChI=1S/C18H24N2O5/c1-13(18(23)24)11-19-17(22)14-7-9-20(10-8-14)16(21)12-25-15-5-3-2-4-6-15/h2-6,13-14H,7-12H2,1H3,(H,19,22)(H,23,24). The molecule has 2 N–H and O–H groups in total. The number of carbonyl (C=O) groups excluding carboxylic acids is 2. The molecule has 1 atom stereocenters. The molecular weight excluding hydrogens is 324 g/mol. The Kier molecular flexibility index (Phi) is 6.80. The van der Waals surface area contributed by atoms with Gasteiger partial charge in [-0.05, 0) is 25.0 Å². The molecule has 2 rings (SSSR count). The molecule has 0 aromatic heterocycles. The van der Waals surface area contributed by atoms with Gasteiger partial charge in [0.25, 0.3) is 5.91 Å². The zero-order valence-electron chi connectivity index (χ0n) is 14.3. The lowest BCUT2D eigenvalue weighted by molar-refractivity contribution is -0.141. The lowest BCUT2D eigenvalue weighted by Crippen LogP contribution is -2.45. The Bertz CT molecular complexity index is 597. The zero-order chi connectivity index (χ0) is 18.2. The molecule has 0 saturated carbocycles. The van der Waals surface area contributed by atoms with Crippen molar-refractivity contribution in [3.63, 3.8) is 0 Å². The van der Waals surface area contributed by atoms with Gasteiger partial charge in [-0.15, -0.1) is 0 Å². The van der Waals surface area contributed by atoms with Gasteiger partial charge in [0, 0.05) is 25.6 Å². The highest BCUT2D eigenvalue weighted by Crippen LogP contribution is 2.18.